The molecule has 8 heteroatoms. The lowest BCUT2D eigenvalue weighted by molar-refractivity contribution is 0.260. The van der Waals surface area contributed by atoms with Crippen molar-refractivity contribution in [3.05, 3.63) is 60.3 Å². The normalized spacial score (nSPS) is 19.1. The van der Waals surface area contributed by atoms with Crippen LogP contribution in [-0.2, 0) is 10.1 Å². The fourth-order valence-electron chi connectivity index (χ4n) is 3.79. The monoisotopic (exact) mass is 413 g/mol. The van der Waals surface area contributed by atoms with E-state index < -0.39 is 10.1 Å². The first-order chi connectivity index (χ1) is 13.8. The van der Waals surface area contributed by atoms with E-state index in [1.165, 1.54) is 0 Å². The summed E-state index contributed by atoms with van der Waals surface area (Å²) < 4.78 is 38.7. The van der Waals surface area contributed by atoms with Crippen LogP contribution in [0.15, 0.2) is 65.3 Å². The first kappa shape index (κ1) is 19.5. The smallest absolute Gasteiger partial charge is 0.264 e. The fraction of sp³-hybridized carbons (Fsp3) is 0.286. The Labute approximate surface area is 170 Å². The molecule has 29 heavy (non-hydrogen) atoms. The summed E-state index contributed by atoms with van der Waals surface area (Å²) in [5.41, 5.74) is 2.70. The van der Waals surface area contributed by atoms with Crippen LogP contribution in [0.5, 0.6) is 11.5 Å². The minimum absolute atomic E-state index is 0.196. The molecule has 2 heterocycles. The zero-order valence-corrected chi connectivity index (χ0v) is 17.1. The molecule has 0 aliphatic carbocycles. The maximum absolute atomic E-state index is 11.6. The lowest BCUT2D eigenvalue weighted by Gasteiger charge is -2.44. The van der Waals surface area contributed by atoms with Crippen LogP contribution in [0.4, 0.5) is 11.4 Å². The molecule has 2 atom stereocenters. The van der Waals surface area contributed by atoms with Crippen LogP contribution in [0.2, 0.25) is 0 Å². The number of allylic oxidation sites excluding steroid dienone is 2. The van der Waals surface area contributed by atoms with E-state index in [9.17, 15) is 13.0 Å². The highest BCUT2D eigenvalue weighted by molar-refractivity contribution is 7.85. The predicted octanol–water partition coefficient (Wildman–Crippen LogP) is 3.82. The quantitative estimate of drug-likeness (QED) is 0.751. The third kappa shape index (κ3) is 3.86. The highest BCUT2D eigenvalue weighted by Crippen LogP contribution is 2.48. The average Bonchev–Trinajstić information content (AvgIpc) is 2.69. The van der Waals surface area contributed by atoms with E-state index in [0.717, 1.165) is 17.1 Å². The first-order valence-corrected chi connectivity index (χ1v) is 11.0. The summed E-state index contributed by atoms with van der Waals surface area (Å²) >= 11 is 0. The Morgan fingerprint density at radius 1 is 1.10 bits per heavy atom. The van der Waals surface area contributed by atoms with Gasteiger partial charge in [0.05, 0.1) is 23.2 Å². The molecule has 2 aromatic carbocycles. The molecular formula is C21H23N3O4S. The van der Waals surface area contributed by atoms with Crippen molar-refractivity contribution < 1.29 is 17.7 Å². The Morgan fingerprint density at radius 2 is 1.69 bits per heavy atom. The van der Waals surface area contributed by atoms with E-state index in [1.54, 1.807) is 6.21 Å². The number of fused-ring (bicyclic) bond motifs is 2. The van der Waals surface area contributed by atoms with Gasteiger partial charge in [0.1, 0.15) is 6.17 Å². The molecule has 0 fully saturated rings. The summed E-state index contributed by atoms with van der Waals surface area (Å²) in [5, 5.41) is 0. The number of anilines is 2. The zero-order chi connectivity index (χ0) is 20.6. The van der Waals surface area contributed by atoms with E-state index in [4.69, 9.17) is 4.74 Å². The number of rotatable bonds is 5. The van der Waals surface area contributed by atoms with Gasteiger partial charge in [0.15, 0.2) is 11.5 Å². The molecule has 0 amide bonds. The Morgan fingerprint density at radius 3 is 2.28 bits per heavy atom. The molecule has 0 aromatic heterocycles. The van der Waals surface area contributed by atoms with Crippen molar-refractivity contribution in [1.82, 2.24) is 4.90 Å². The van der Waals surface area contributed by atoms with Crippen LogP contribution in [-0.4, -0.2) is 49.1 Å². The molecule has 2 unspecified atom stereocenters. The van der Waals surface area contributed by atoms with Crippen molar-refractivity contribution in [1.29, 1.82) is 0 Å². The summed E-state index contributed by atoms with van der Waals surface area (Å²) in [5.74, 6) is 1.03. The Hall–Kier alpha value is -2.84. The van der Waals surface area contributed by atoms with E-state index >= 15 is 0 Å². The molecule has 2 aliphatic rings. The van der Waals surface area contributed by atoms with Gasteiger partial charge < -0.3 is 14.5 Å². The molecule has 2 aromatic rings. The number of ether oxygens (including phenoxy) is 1. The van der Waals surface area contributed by atoms with Crippen LogP contribution in [0.1, 0.15) is 13.3 Å². The Kier molecular flexibility index (Phi) is 5.06. The number of para-hydroxylation sites is 4. The van der Waals surface area contributed by atoms with Crippen molar-refractivity contribution in [3.63, 3.8) is 0 Å². The van der Waals surface area contributed by atoms with Crippen LogP contribution >= 0.6 is 0 Å². The van der Waals surface area contributed by atoms with Gasteiger partial charge in [-0.3, -0.25) is 9.55 Å². The van der Waals surface area contributed by atoms with Gasteiger partial charge in [0.25, 0.3) is 10.1 Å². The molecule has 7 nitrogen and oxygen atoms in total. The molecule has 0 saturated carbocycles. The van der Waals surface area contributed by atoms with Gasteiger partial charge >= 0.3 is 0 Å². The summed E-state index contributed by atoms with van der Waals surface area (Å²) in [7, 11) is -2.19. The molecule has 152 valence electrons. The standard InChI is InChI=1S/C21H23N3O4S/c1-15-11-13-22-21(23(15)2)18(12-14-29(25,26)27)24-16-7-3-5-9-19(16)28-20-10-6-4-8-17(20)24/h3-11,13,18,21H,12,14H2,1-2H3,(H,25,26,27). The molecule has 0 spiro atoms. The van der Waals surface area contributed by atoms with Crippen molar-refractivity contribution in [3.8, 4) is 11.5 Å². The Balaban J connectivity index is 1.84. The third-order valence-electron chi connectivity index (χ3n) is 5.32. The summed E-state index contributed by atoms with van der Waals surface area (Å²) in [4.78, 5) is 8.75. The van der Waals surface area contributed by atoms with Crippen LogP contribution < -0.4 is 9.64 Å². The van der Waals surface area contributed by atoms with Crippen molar-refractivity contribution in [2.45, 2.75) is 25.6 Å². The van der Waals surface area contributed by atoms with E-state index in [-0.39, 0.29) is 24.4 Å². The Bertz CT molecular complexity index is 1040. The molecule has 0 bridgehead atoms. The SMILES string of the molecule is CC1=CC=NC(C(CCS(=O)(=O)O)N2c3ccccc3Oc3ccccc32)N1C. The number of benzene rings is 2. The minimum Gasteiger partial charge on any atom is -0.453 e. The number of hydrogen-bond donors (Lipinski definition) is 1. The van der Waals surface area contributed by atoms with Crippen LogP contribution in [0.3, 0.4) is 0 Å². The number of aliphatic imine (C=N–C) groups is 1. The maximum atomic E-state index is 11.6. The average molecular weight is 413 g/mol. The van der Waals surface area contributed by atoms with E-state index in [1.807, 2.05) is 73.5 Å². The van der Waals surface area contributed by atoms with Gasteiger partial charge in [-0.1, -0.05) is 24.3 Å². The maximum Gasteiger partial charge on any atom is 0.264 e. The van der Waals surface area contributed by atoms with Crippen molar-refractivity contribution in [2.24, 2.45) is 4.99 Å². The molecule has 4 rings (SSSR count). The second-order valence-electron chi connectivity index (χ2n) is 7.18. The van der Waals surface area contributed by atoms with Gasteiger partial charge in [-0.05, 0) is 43.7 Å². The third-order valence-corrected chi connectivity index (χ3v) is 6.08. The lowest BCUT2D eigenvalue weighted by Crippen LogP contribution is -2.50. The topological polar surface area (TPSA) is 82.4 Å². The first-order valence-electron chi connectivity index (χ1n) is 9.38. The second-order valence-corrected chi connectivity index (χ2v) is 8.75. The van der Waals surface area contributed by atoms with Gasteiger partial charge in [-0.25, -0.2) is 0 Å². The largest absolute Gasteiger partial charge is 0.453 e. The molecule has 2 aliphatic heterocycles. The highest BCUT2D eigenvalue weighted by atomic mass is 32.2. The molecule has 0 radical (unpaired) electrons. The van der Waals surface area contributed by atoms with Crippen LogP contribution in [0, 0.1) is 0 Å². The molecule has 0 saturated heterocycles. The highest BCUT2D eigenvalue weighted by Gasteiger charge is 2.37. The van der Waals surface area contributed by atoms with E-state index in [2.05, 4.69) is 9.89 Å². The number of likely N-dealkylation sites (N-methyl/N-ethyl adjacent to an activating group) is 1. The summed E-state index contributed by atoms with van der Waals surface area (Å²) in [6.07, 6.45) is 3.53. The number of hydrogen-bond acceptors (Lipinski definition) is 6. The lowest BCUT2D eigenvalue weighted by atomic mass is 10.0. The zero-order valence-electron chi connectivity index (χ0n) is 16.3. The number of nitrogens with zero attached hydrogens (tertiary/aromatic N) is 3. The predicted molar refractivity (Wildman–Crippen MR) is 114 cm³/mol. The van der Waals surface area contributed by atoms with Crippen LogP contribution in [0.25, 0.3) is 0 Å². The summed E-state index contributed by atoms with van der Waals surface area (Å²) in [6, 6.07) is 14.9. The van der Waals surface area contributed by atoms with Gasteiger partial charge in [0, 0.05) is 19.0 Å². The minimum atomic E-state index is -4.13. The fourth-order valence-corrected chi connectivity index (χ4v) is 4.33. The van der Waals surface area contributed by atoms with Gasteiger partial charge in [0.2, 0.25) is 0 Å². The second kappa shape index (κ2) is 7.53. The van der Waals surface area contributed by atoms with Gasteiger partial charge in [-0.2, -0.15) is 8.42 Å². The molecular weight excluding hydrogens is 390 g/mol. The molecule has 1 N–H and O–H groups in total. The van der Waals surface area contributed by atoms with E-state index in [0.29, 0.717) is 11.5 Å². The van der Waals surface area contributed by atoms with Crippen molar-refractivity contribution >= 4 is 27.7 Å². The van der Waals surface area contributed by atoms with Crippen molar-refractivity contribution in [2.75, 3.05) is 17.7 Å². The van der Waals surface area contributed by atoms with Gasteiger partial charge in [-0.15, -0.1) is 0 Å². The summed E-state index contributed by atoms with van der Waals surface area (Å²) in [6.45, 7) is 1.99.